The van der Waals surface area contributed by atoms with E-state index in [4.69, 9.17) is 4.74 Å². The van der Waals surface area contributed by atoms with E-state index in [2.05, 4.69) is 5.32 Å². The molecule has 2 rings (SSSR count). The first-order chi connectivity index (χ1) is 8.66. The maximum absolute atomic E-state index is 12.0. The zero-order chi connectivity index (χ0) is 13.0. The van der Waals surface area contributed by atoms with Gasteiger partial charge in [0.25, 0.3) is 5.91 Å². The van der Waals surface area contributed by atoms with Gasteiger partial charge in [-0.1, -0.05) is 12.1 Å². The molecular formula is C14H19NO3. The first kappa shape index (κ1) is 13.1. The molecule has 1 saturated heterocycles. The van der Waals surface area contributed by atoms with Crippen LogP contribution in [0.25, 0.3) is 0 Å². The minimum atomic E-state index is -0.534. The zero-order valence-electron chi connectivity index (χ0n) is 10.6. The van der Waals surface area contributed by atoms with Crippen LogP contribution in [0, 0.1) is 0 Å². The van der Waals surface area contributed by atoms with E-state index in [1.807, 2.05) is 18.2 Å². The van der Waals surface area contributed by atoms with Gasteiger partial charge in [0.1, 0.15) is 6.10 Å². The third kappa shape index (κ3) is 3.31. The lowest BCUT2D eigenvalue weighted by molar-refractivity contribution is -0.129. The molecule has 2 N–H and O–H groups in total. The van der Waals surface area contributed by atoms with Gasteiger partial charge in [0.05, 0.1) is 6.10 Å². The third-order valence-electron chi connectivity index (χ3n) is 3.11. The molecular weight excluding hydrogens is 230 g/mol. The largest absolute Gasteiger partial charge is 0.389 e. The highest BCUT2D eigenvalue weighted by Crippen LogP contribution is 2.19. The first-order valence-corrected chi connectivity index (χ1v) is 6.37. The van der Waals surface area contributed by atoms with Gasteiger partial charge >= 0.3 is 0 Å². The summed E-state index contributed by atoms with van der Waals surface area (Å²) in [6.45, 7) is 2.36. The van der Waals surface area contributed by atoms with Crippen LogP contribution in [0.3, 0.4) is 0 Å². The van der Waals surface area contributed by atoms with Gasteiger partial charge in [0, 0.05) is 12.3 Å². The van der Waals surface area contributed by atoms with Crippen molar-refractivity contribution >= 4 is 11.6 Å². The van der Waals surface area contributed by atoms with Gasteiger partial charge in [-0.15, -0.1) is 0 Å². The van der Waals surface area contributed by atoms with Gasteiger partial charge in [0.2, 0.25) is 0 Å². The summed E-state index contributed by atoms with van der Waals surface area (Å²) >= 11 is 0. The van der Waals surface area contributed by atoms with Crippen LogP contribution < -0.4 is 5.32 Å². The molecule has 1 fully saturated rings. The molecule has 0 aromatic heterocycles. The SMILES string of the molecule is CC(O)c1cccc(NC(=O)C2CCCCO2)c1. The summed E-state index contributed by atoms with van der Waals surface area (Å²) in [5, 5.41) is 12.3. The number of hydrogen-bond donors (Lipinski definition) is 2. The Bertz CT molecular complexity index is 411. The summed E-state index contributed by atoms with van der Waals surface area (Å²) in [7, 11) is 0. The molecule has 1 heterocycles. The topological polar surface area (TPSA) is 58.6 Å². The highest BCUT2D eigenvalue weighted by Gasteiger charge is 2.21. The summed E-state index contributed by atoms with van der Waals surface area (Å²) in [4.78, 5) is 12.0. The standard InChI is InChI=1S/C14H19NO3/c1-10(16)11-5-4-6-12(9-11)15-14(17)13-7-2-3-8-18-13/h4-6,9-10,13,16H,2-3,7-8H2,1H3,(H,15,17). The number of carbonyl (C=O) groups is 1. The van der Waals surface area contributed by atoms with Gasteiger partial charge < -0.3 is 15.2 Å². The van der Waals surface area contributed by atoms with E-state index >= 15 is 0 Å². The lowest BCUT2D eigenvalue weighted by Gasteiger charge is -2.21. The number of aliphatic hydroxyl groups is 1. The van der Waals surface area contributed by atoms with Crippen molar-refractivity contribution in [3.8, 4) is 0 Å². The maximum Gasteiger partial charge on any atom is 0.253 e. The van der Waals surface area contributed by atoms with Crippen molar-refractivity contribution in [3.63, 3.8) is 0 Å². The molecule has 0 radical (unpaired) electrons. The molecule has 0 spiro atoms. The van der Waals surface area contributed by atoms with Gasteiger partial charge in [-0.05, 0) is 43.9 Å². The molecule has 2 atom stereocenters. The fourth-order valence-electron chi connectivity index (χ4n) is 2.05. The number of ether oxygens (including phenoxy) is 1. The summed E-state index contributed by atoms with van der Waals surface area (Å²) in [6.07, 6.45) is 1.97. The number of carbonyl (C=O) groups excluding carboxylic acids is 1. The minimum absolute atomic E-state index is 0.0996. The van der Waals surface area contributed by atoms with Crippen LogP contribution >= 0.6 is 0 Å². The number of aliphatic hydroxyl groups excluding tert-OH is 1. The van der Waals surface area contributed by atoms with E-state index in [0.717, 1.165) is 24.8 Å². The number of benzene rings is 1. The average molecular weight is 249 g/mol. The summed E-state index contributed by atoms with van der Waals surface area (Å²) in [6, 6.07) is 7.24. The van der Waals surface area contributed by atoms with Crippen LogP contribution in [0.2, 0.25) is 0 Å². The van der Waals surface area contributed by atoms with Crippen molar-refractivity contribution in [2.24, 2.45) is 0 Å². The highest BCUT2D eigenvalue weighted by atomic mass is 16.5. The molecule has 0 bridgehead atoms. The molecule has 4 nitrogen and oxygen atoms in total. The number of nitrogens with one attached hydrogen (secondary N) is 1. The Morgan fingerprint density at radius 2 is 2.33 bits per heavy atom. The molecule has 2 unspecified atom stereocenters. The summed E-state index contributed by atoms with van der Waals surface area (Å²) in [5.41, 5.74) is 1.49. The summed E-state index contributed by atoms with van der Waals surface area (Å²) in [5.74, 6) is -0.0996. The fourth-order valence-corrected chi connectivity index (χ4v) is 2.05. The number of anilines is 1. The molecule has 18 heavy (non-hydrogen) atoms. The van der Waals surface area contributed by atoms with Crippen molar-refractivity contribution in [3.05, 3.63) is 29.8 Å². The van der Waals surface area contributed by atoms with Crippen molar-refractivity contribution < 1.29 is 14.6 Å². The van der Waals surface area contributed by atoms with Crippen LogP contribution in [0.1, 0.15) is 37.9 Å². The summed E-state index contributed by atoms with van der Waals surface area (Å²) < 4.78 is 5.43. The van der Waals surface area contributed by atoms with Crippen molar-refractivity contribution in [2.75, 3.05) is 11.9 Å². The quantitative estimate of drug-likeness (QED) is 0.863. The second kappa shape index (κ2) is 5.98. The van der Waals surface area contributed by atoms with E-state index < -0.39 is 6.10 Å². The number of amides is 1. The van der Waals surface area contributed by atoms with Crippen LogP contribution in [-0.2, 0) is 9.53 Å². The molecule has 4 heteroatoms. The maximum atomic E-state index is 12.0. The van der Waals surface area contributed by atoms with Crippen LogP contribution in [-0.4, -0.2) is 23.7 Å². The third-order valence-corrected chi connectivity index (χ3v) is 3.11. The Balaban J connectivity index is 1.99. The van der Waals surface area contributed by atoms with Crippen LogP contribution in [0.4, 0.5) is 5.69 Å². The molecule has 1 aromatic rings. The lowest BCUT2D eigenvalue weighted by atomic mass is 10.1. The molecule has 98 valence electrons. The Morgan fingerprint density at radius 3 is 3.00 bits per heavy atom. The molecule has 0 saturated carbocycles. The van der Waals surface area contributed by atoms with E-state index in [9.17, 15) is 9.90 Å². The van der Waals surface area contributed by atoms with Gasteiger partial charge in [-0.2, -0.15) is 0 Å². The Morgan fingerprint density at radius 1 is 1.50 bits per heavy atom. The molecule has 1 amide bonds. The van der Waals surface area contributed by atoms with E-state index in [1.165, 1.54) is 0 Å². The average Bonchev–Trinajstić information content (AvgIpc) is 2.40. The molecule has 1 aliphatic rings. The van der Waals surface area contributed by atoms with Crippen LogP contribution in [0.5, 0.6) is 0 Å². The predicted octanol–water partition coefficient (Wildman–Crippen LogP) is 2.25. The number of rotatable bonds is 3. The second-order valence-corrected chi connectivity index (χ2v) is 4.65. The second-order valence-electron chi connectivity index (χ2n) is 4.65. The Hall–Kier alpha value is -1.39. The van der Waals surface area contributed by atoms with E-state index in [1.54, 1.807) is 13.0 Å². The highest BCUT2D eigenvalue weighted by molar-refractivity contribution is 5.94. The van der Waals surface area contributed by atoms with Crippen LogP contribution in [0.15, 0.2) is 24.3 Å². The van der Waals surface area contributed by atoms with Crippen molar-refractivity contribution in [1.29, 1.82) is 0 Å². The Kier molecular flexibility index (Phi) is 4.33. The van der Waals surface area contributed by atoms with Gasteiger partial charge in [0.15, 0.2) is 0 Å². The predicted molar refractivity (Wildman–Crippen MR) is 69.3 cm³/mol. The zero-order valence-corrected chi connectivity index (χ0v) is 10.6. The van der Waals surface area contributed by atoms with Crippen molar-refractivity contribution in [1.82, 2.24) is 0 Å². The van der Waals surface area contributed by atoms with Gasteiger partial charge in [-0.25, -0.2) is 0 Å². The minimum Gasteiger partial charge on any atom is -0.389 e. The molecule has 0 aliphatic carbocycles. The molecule has 1 aromatic carbocycles. The monoisotopic (exact) mass is 249 g/mol. The first-order valence-electron chi connectivity index (χ1n) is 6.37. The molecule has 1 aliphatic heterocycles. The van der Waals surface area contributed by atoms with Crippen molar-refractivity contribution in [2.45, 2.75) is 38.4 Å². The smallest absolute Gasteiger partial charge is 0.253 e. The Labute approximate surface area is 107 Å². The van der Waals surface area contributed by atoms with Gasteiger partial charge in [-0.3, -0.25) is 4.79 Å². The lowest BCUT2D eigenvalue weighted by Crippen LogP contribution is -2.33. The van der Waals surface area contributed by atoms with E-state index in [0.29, 0.717) is 12.3 Å². The normalized spacial score (nSPS) is 21.3. The van der Waals surface area contributed by atoms with E-state index in [-0.39, 0.29) is 12.0 Å². The fraction of sp³-hybridized carbons (Fsp3) is 0.500. The number of hydrogen-bond acceptors (Lipinski definition) is 3.